The number of para-hydroxylation sites is 5. The zero-order chi connectivity index (χ0) is 30.0. The van der Waals surface area contributed by atoms with Gasteiger partial charge in [0.05, 0.1) is 33.2 Å². The van der Waals surface area contributed by atoms with Crippen molar-refractivity contribution >= 4 is 43.6 Å². The lowest BCUT2D eigenvalue weighted by Crippen LogP contribution is -2.37. The normalized spacial score (nSPS) is 16.1. The highest BCUT2D eigenvalue weighted by atomic mass is 16.5. The Balaban J connectivity index is 1.38. The zero-order valence-electron chi connectivity index (χ0n) is 24.7. The van der Waals surface area contributed by atoms with Gasteiger partial charge in [-0.05, 0) is 59.7 Å². The molecule has 1 unspecified atom stereocenters. The zero-order valence-corrected chi connectivity index (χ0v) is 24.7. The van der Waals surface area contributed by atoms with E-state index in [4.69, 9.17) is 9.72 Å². The second kappa shape index (κ2) is 8.52. The lowest BCUT2D eigenvalue weighted by molar-refractivity contribution is 0.435. The molecule has 2 aliphatic heterocycles. The molecule has 2 aliphatic rings. The van der Waals surface area contributed by atoms with E-state index in [0.717, 1.165) is 44.9 Å². The van der Waals surface area contributed by atoms with Gasteiger partial charge in [0.2, 0.25) is 0 Å². The Bertz CT molecular complexity index is 2740. The summed E-state index contributed by atoms with van der Waals surface area (Å²) < 4.78 is 11.7. The minimum Gasteiger partial charge on any atom is -0.457 e. The van der Waals surface area contributed by atoms with Crippen molar-refractivity contribution in [2.24, 2.45) is 0 Å². The highest BCUT2D eigenvalue weighted by molar-refractivity contribution is 6.13. The van der Waals surface area contributed by atoms with E-state index >= 15 is 0 Å². The van der Waals surface area contributed by atoms with Crippen molar-refractivity contribution in [2.75, 3.05) is 0 Å². The molecule has 0 N–H and O–H groups in total. The van der Waals surface area contributed by atoms with Crippen LogP contribution in [0.5, 0.6) is 11.5 Å². The van der Waals surface area contributed by atoms with Crippen LogP contribution in [0.25, 0.3) is 55.1 Å². The summed E-state index contributed by atoms with van der Waals surface area (Å²) in [6.45, 7) is 0. The molecule has 46 heavy (non-hydrogen) atoms. The fraction of sp³-hybridized carbons (Fsp3) is 0.0238. The Morgan fingerprint density at radius 1 is 0.457 bits per heavy atom. The van der Waals surface area contributed by atoms with Gasteiger partial charge in [-0.3, -0.25) is 4.57 Å². The van der Waals surface area contributed by atoms with Gasteiger partial charge in [-0.15, -0.1) is 0 Å². The number of ether oxygens (including phenoxy) is 1. The van der Waals surface area contributed by atoms with Gasteiger partial charge >= 0.3 is 0 Å². The maximum atomic E-state index is 6.90. The molecule has 0 radical (unpaired) electrons. The Labute approximate surface area is 264 Å². The molecule has 3 aromatic heterocycles. The van der Waals surface area contributed by atoms with Crippen LogP contribution in [-0.4, -0.2) is 14.1 Å². The average molecular weight is 588 g/mol. The molecule has 1 spiro atoms. The lowest BCUT2D eigenvalue weighted by Gasteiger charge is -2.45. The van der Waals surface area contributed by atoms with Crippen LogP contribution in [-0.2, 0) is 5.41 Å². The molecule has 0 aliphatic carbocycles. The summed E-state index contributed by atoms with van der Waals surface area (Å²) in [7, 11) is 0. The summed E-state index contributed by atoms with van der Waals surface area (Å²) in [5.74, 6) is 2.66. The fourth-order valence-electron chi connectivity index (χ4n) is 8.52. The maximum Gasteiger partial charge on any atom is 0.137 e. The molecule has 5 heterocycles. The summed E-state index contributed by atoms with van der Waals surface area (Å²) in [6, 6.07) is 52.5. The smallest absolute Gasteiger partial charge is 0.137 e. The van der Waals surface area contributed by atoms with E-state index in [-0.39, 0.29) is 0 Å². The Morgan fingerprint density at radius 3 is 1.98 bits per heavy atom. The van der Waals surface area contributed by atoms with Crippen LogP contribution in [0.2, 0.25) is 0 Å². The monoisotopic (exact) mass is 587 g/mol. The maximum absolute atomic E-state index is 6.90. The summed E-state index contributed by atoms with van der Waals surface area (Å²) >= 11 is 0. The first kappa shape index (κ1) is 24.2. The lowest BCUT2D eigenvalue weighted by atomic mass is 9.61. The summed E-state index contributed by atoms with van der Waals surface area (Å²) in [5.41, 5.74) is 10.1. The van der Waals surface area contributed by atoms with Crippen LogP contribution in [0.4, 0.5) is 0 Å². The van der Waals surface area contributed by atoms with Crippen LogP contribution in [0.3, 0.4) is 0 Å². The van der Waals surface area contributed by atoms with E-state index in [2.05, 4.69) is 149 Å². The van der Waals surface area contributed by atoms with E-state index in [9.17, 15) is 0 Å². The predicted octanol–water partition coefficient (Wildman–Crippen LogP) is 10.1. The molecule has 214 valence electrons. The van der Waals surface area contributed by atoms with Crippen molar-refractivity contribution in [3.63, 3.8) is 0 Å². The second-order valence-electron chi connectivity index (χ2n) is 12.3. The van der Waals surface area contributed by atoms with E-state index in [1.165, 1.54) is 44.0 Å². The van der Waals surface area contributed by atoms with Crippen molar-refractivity contribution in [2.45, 2.75) is 5.41 Å². The standard InChI is InChI=1S/C42H25N3O/c1-6-19-35-26(12-1)28-14-11-17-32-41(28)45(35)36-20-7-3-15-30(36)42(32)31-16-4-8-21-38(31)46-39-24-29-27-13-2-5-18-34(27)44(37(29)25-33(39)42)40-22-9-10-23-43-40/h1-25H. The molecule has 11 rings (SSSR count). The van der Waals surface area contributed by atoms with Crippen molar-refractivity contribution < 1.29 is 4.74 Å². The molecular formula is C42H25N3O. The quantitative estimate of drug-likeness (QED) is 0.191. The molecular weight excluding hydrogens is 562 g/mol. The van der Waals surface area contributed by atoms with E-state index in [0.29, 0.717) is 0 Å². The molecule has 0 amide bonds. The first-order valence-corrected chi connectivity index (χ1v) is 15.7. The topological polar surface area (TPSA) is 32.0 Å². The number of hydrogen-bond donors (Lipinski definition) is 0. The highest BCUT2D eigenvalue weighted by Crippen LogP contribution is 2.61. The molecule has 6 aromatic carbocycles. The molecule has 0 fully saturated rings. The van der Waals surface area contributed by atoms with Gasteiger partial charge in [0, 0.05) is 38.9 Å². The number of rotatable bonds is 1. The molecule has 4 heteroatoms. The number of pyridine rings is 1. The number of hydrogen-bond acceptors (Lipinski definition) is 2. The molecule has 0 bridgehead atoms. The number of benzene rings is 6. The van der Waals surface area contributed by atoms with Crippen LogP contribution < -0.4 is 4.74 Å². The fourth-order valence-corrected chi connectivity index (χ4v) is 8.52. The predicted molar refractivity (Wildman–Crippen MR) is 185 cm³/mol. The first-order chi connectivity index (χ1) is 22.8. The van der Waals surface area contributed by atoms with Crippen molar-refractivity contribution in [1.82, 2.24) is 14.1 Å². The van der Waals surface area contributed by atoms with Gasteiger partial charge in [0.15, 0.2) is 0 Å². The van der Waals surface area contributed by atoms with Crippen LogP contribution in [0.1, 0.15) is 22.3 Å². The van der Waals surface area contributed by atoms with E-state index in [1.54, 1.807) is 0 Å². The molecule has 0 saturated carbocycles. The molecule has 0 saturated heterocycles. The van der Waals surface area contributed by atoms with Crippen molar-refractivity contribution in [3.05, 3.63) is 174 Å². The summed E-state index contributed by atoms with van der Waals surface area (Å²) in [4.78, 5) is 4.82. The second-order valence-corrected chi connectivity index (χ2v) is 12.3. The average Bonchev–Trinajstić information content (AvgIpc) is 3.63. The number of fused-ring (bicyclic) bond motifs is 14. The van der Waals surface area contributed by atoms with E-state index < -0.39 is 5.41 Å². The van der Waals surface area contributed by atoms with Gasteiger partial charge in [-0.25, -0.2) is 4.98 Å². The number of aromatic nitrogens is 3. The third kappa shape index (κ3) is 2.79. The Morgan fingerprint density at radius 2 is 1.13 bits per heavy atom. The SMILES string of the molecule is c1ccc(-n2c3ccccc3c3cc4c(cc32)C2(c3ccccc3O4)c3ccccc3-n3c4ccccc4c4cccc2c43)nc1. The third-order valence-electron chi connectivity index (χ3n) is 10.2. The van der Waals surface area contributed by atoms with Crippen LogP contribution >= 0.6 is 0 Å². The van der Waals surface area contributed by atoms with Gasteiger partial charge in [0.25, 0.3) is 0 Å². The van der Waals surface area contributed by atoms with Gasteiger partial charge in [0.1, 0.15) is 17.3 Å². The van der Waals surface area contributed by atoms with Gasteiger partial charge in [-0.2, -0.15) is 0 Å². The minimum atomic E-state index is -0.621. The van der Waals surface area contributed by atoms with Crippen molar-refractivity contribution in [1.29, 1.82) is 0 Å². The molecule has 9 aromatic rings. The highest BCUT2D eigenvalue weighted by Gasteiger charge is 2.50. The minimum absolute atomic E-state index is 0.621. The Hall–Kier alpha value is -6.13. The van der Waals surface area contributed by atoms with Gasteiger partial charge in [-0.1, -0.05) is 97.1 Å². The number of nitrogens with zero attached hydrogens (tertiary/aromatic N) is 3. The van der Waals surface area contributed by atoms with Crippen LogP contribution in [0, 0.1) is 0 Å². The Kier molecular flexibility index (Phi) is 4.49. The third-order valence-corrected chi connectivity index (χ3v) is 10.2. The largest absolute Gasteiger partial charge is 0.457 e. The van der Waals surface area contributed by atoms with Crippen molar-refractivity contribution in [3.8, 4) is 23.0 Å². The van der Waals surface area contributed by atoms with E-state index in [1.807, 2.05) is 12.3 Å². The first-order valence-electron chi connectivity index (χ1n) is 15.7. The molecule has 4 nitrogen and oxygen atoms in total. The van der Waals surface area contributed by atoms with Gasteiger partial charge < -0.3 is 9.30 Å². The van der Waals surface area contributed by atoms with Crippen LogP contribution in [0.15, 0.2) is 152 Å². The molecule has 1 atom stereocenters. The summed E-state index contributed by atoms with van der Waals surface area (Å²) in [6.07, 6.45) is 1.87. The summed E-state index contributed by atoms with van der Waals surface area (Å²) in [5, 5.41) is 4.84.